The van der Waals surface area contributed by atoms with Gasteiger partial charge in [-0.25, -0.2) is 19.3 Å². The Morgan fingerprint density at radius 3 is 2.21 bits per heavy atom. The maximum absolute atomic E-state index is 13.5. The molecule has 0 saturated heterocycles. The number of hydrogen-bond acceptors (Lipinski definition) is 10. The smallest absolute Gasteiger partial charge is 0.870 e. The molecule has 0 bridgehead atoms. The van der Waals surface area contributed by atoms with Crippen LogP contribution in [0.15, 0.2) is 97.2 Å². The van der Waals surface area contributed by atoms with Crippen LogP contribution in [0.4, 0.5) is 27.9 Å². The molecular formula is C37H36LiN7O7. The Hall–Kier alpha value is -6.07. The van der Waals surface area contributed by atoms with Crippen LogP contribution in [0.25, 0.3) is 16.5 Å². The van der Waals surface area contributed by atoms with Crippen LogP contribution < -0.4 is 49.0 Å². The Morgan fingerprint density at radius 1 is 0.827 bits per heavy atom. The zero-order valence-electron chi connectivity index (χ0n) is 29.5. The number of methoxy groups -OCH3 is 2. The topological polar surface area (TPSA) is 192 Å². The maximum atomic E-state index is 13.5. The Kier molecular flexibility index (Phi) is 12.1. The molecule has 6 rings (SSSR count). The third kappa shape index (κ3) is 8.80. The molecule has 15 heteroatoms. The largest absolute Gasteiger partial charge is 1.00 e. The number of carbonyl (C=O) groups excluding carboxylic acids is 1. The van der Waals surface area contributed by atoms with Gasteiger partial charge in [-0.3, -0.25) is 5.32 Å². The standard InChI is InChI=1S/C37H35N7O6.Li.H2O/c1-37(2,3)31-21-32(44(43-31)24-10-12-25(48-4)13-11-24)41-36(47)40-29-14-15-30(28-9-7-6-8-27(28)29)50-33-16-17-38-35(42-33)39-23-18-22(34(45)46)19-26(20-23)49-5;;/h6-21H,1-5H3,(H,45,46)(H,38,39,42)(H2,40,41,47);;1H2/q;+1;/p-1. The van der Waals surface area contributed by atoms with Crippen LogP contribution in [0.2, 0.25) is 0 Å². The summed E-state index contributed by atoms with van der Waals surface area (Å²) in [6.45, 7) is 6.18. The number of urea groups is 1. The number of carboxylic acids is 1. The summed E-state index contributed by atoms with van der Waals surface area (Å²) in [5.74, 6) is 1.42. The van der Waals surface area contributed by atoms with E-state index in [-0.39, 0.29) is 47.1 Å². The number of carbonyl (C=O) groups is 2. The Balaban J connectivity index is 0.00000302. The van der Waals surface area contributed by atoms with Crippen LogP contribution in [-0.2, 0) is 5.41 Å². The van der Waals surface area contributed by atoms with E-state index in [0.29, 0.717) is 34.4 Å². The van der Waals surface area contributed by atoms with E-state index in [0.717, 1.165) is 22.2 Å². The first kappa shape index (κ1) is 38.7. The number of hydrogen-bond donors (Lipinski definition) is 4. The first-order valence-electron chi connectivity index (χ1n) is 15.6. The summed E-state index contributed by atoms with van der Waals surface area (Å²) in [4.78, 5) is 33.7. The summed E-state index contributed by atoms with van der Waals surface area (Å²) in [7, 11) is 3.06. The van der Waals surface area contributed by atoms with Gasteiger partial charge in [-0.2, -0.15) is 10.1 Å². The second-order valence-electron chi connectivity index (χ2n) is 12.2. The molecule has 2 aromatic heterocycles. The van der Waals surface area contributed by atoms with E-state index in [2.05, 4.69) is 46.7 Å². The van der Waals surface area contributed by atoms with Crippen molar-refractivity contribution in [2.24, 2.45) is 0 Å². The molecule has 0 aliphatic rings. The van der Waals surface area contributed by atoms with E-state index in [1.54, 1.807) is 36.1 Å². The molecule has 0 aliphatic heterocycles. The Bertz CT molecular complexity index is 2200. The summed E-state index contributed by atoms with van der Waals surface area (Å²) < 4.78 is 18.4. The van der Waals surface area contributed by atoms with Gasteiger partial charge in [-0.05, 0) is 48.5 Å². The molecule has 0 aliphatic carbocycles. The van der Waals surface area contributed by atoms with Gasteiger partial charge >= 0.3 is 30.9 Å². The number of aromatic nitrogens is 4. The van der Waals surface area contributed by atoms with E-state index in [1.165, 1.54) is 25.4 Å². The average Bonchev–Trinajstić information content (AvgIpc) is 3.53. The van der Waals surface area contributed by atoms with Gasteiger partial charge in [0.25, 0.3) is 0 Å². The second kappa shape index (κ2) is 16.3. The summed E-state index contributed by atoms with van der Waals surface area (Å²) >= 11 is 0. The van der Waals surface area contributed by atoms with Gasteiger partial charge in [-0.15, -0.1) is 0 Å². The normalized spacial score (nSPS) is 10.7. The second-order valence-corrected chi connectivity index (χ2v) is 12.2. The minimum atomic E-state index is -1.10. The van der Waals surface area contributed by atoms with Crippen LogP contribution in [0, 0.1) is 0 Å². The van der Waals surface area contributed by atoms with Crippen molar-refractivity contribution in [2.45, 2.75) is 26.2 Å². The zero-order valence-corrected chi connectivity index (χ0v) is 29.5. The number of nitrogens with zero attached hydrogens (tertiary/aromatic N) is 4. The molecular weight excluding hydrogens is 661 g/mol. The fourth-order valence-corrected chi connectivity index (χ4v) is 5.11. The minimum absolute atomic E-state index is 0. The SMILES string of the molecule is COc1ccc(-n2nc(C(C)(C)C)cc2NC(=O)Nc2ccc(Oc3ccnc(Nc4cc(OC)cc(C(=O)O)c4)n3)c3ccccc23)cc1.[Li+].[OH-]. The molecule has 0 unspecified atom stereocenters. The van der Waals surface area contributed by atoms with Crippen LogP contribution in [0.1, 0.15) is 36.8 Å². The summed E-state index contributed by atoms with van der Waals surface area (Å²) in [5.41, 5.74) is 2.36. The third-order valence-corrected chi connectivity index (χ3v) is 7.66. The number of anilines is 4. The molecule has 0 atom stereocenters. The number of benzene rings is 4. The molecule has 5 N–H and O–H groups in total. The number of rotatable bonds is 10. The predicted molar refractivity (Wildman–Crippen MR) is 193 cm³/mol. The molecule has 0 saturated carbocycles. The fourth-order valence-electron chi connectivity index (χ4n) is 5.11. The minimum Gasteiger partial charge on any atom is -0.870 e. The van der Waals surface area contributed by atoms with Gasteiger partial charge in [0, 0.05) is 46.3 Å². The quantitative estimate of drug-likeness (QED) is 0.143. The van der Waals surface area contributed by atoms with Crippen molar-refractivity contribution in [3.63, 3.8) is 0 Å². The van der Waals surface area contributed by atoms with E-state index < -0.39 is 12.0 Å². The summed E-state index contributed by atoms with van der Waals surface area (Å²) in [5, 5.41) is 24.7. The molecule has 4 aromatic carbocycles. The maximum Gasteiger partial charge on any atom is 1.00 e. The molecule has 14 nitrogen and oxygen atoms in total. The molecule has 0 radical (unpaired) electrons. The van der Waals surface area contributed by atoms with Crippen LogP contribution in [0.5, 0.6) is 23.1 Å². The number of aromatic carboxylic acids is 1. The van der Waals surface area contributed by atoms with Crippen molar-refractivity contribution in [3.05, 3.63) is 108 Å². The monoisotopic (exact) mass is 697 g/mol. The molecule has 262 valence electrons. The van der Waals surface area contributed by atoms with Crippen LogP contribution in [-0.4, -0.2) is 56.6 Å². The van der Waals surface area contributed by atoms with Crippen molar-refractivity contribution >= 4 is 45.9 Å². The van der Waals surface area contributed by atoms with Gasteiger partial charge in [0.1, 0.15) is 23.1 Å². The van der Waals surface area contributed by atoms with Crippen LogP contribution in [0.3, 0.4) is 0 Å². The molecule has 52 heavy (non-hydrogen) atoms. The van der Waals surface area contributed by atoms with Crippen molar-refractivity contribution in [3.8, 4) is 28.8 Å². The van der Waals surface area contributed by atoms with E-state index in [9.17, 15) is 14.7 Å². The van der Waals surface area contributed by atoms with Crippen molar-refractivity contribution in [1.82, 2.24) is 19.7 Å². The fraction of sp³-hybridized carbons (Fsp3) is 0.162. The average molecular weight is 698 g/mol. The predicted octanol–water partition coefficient (Wildman–Crippen LogP) is 4.84. The van der Waals surface area contributed by atoms with Gasteiger partial charge in [-0.1, -0.05) is 45.0 Å². The van der Waals surface area contributed by atoms with Crippen molar-refractivity contribution < 1.29 is 53.2 Å². The number of amides is 2. The first-order chi connectivity index (χ1) is 24.0. The van der Waals surface area contributed by atoms with Gasteiger partial charge in [0.15, 0.2) is 0 Å². The molecule has 0 spiro atoms. The van der Waals surface area contributed by atoms with E-state index in [1.807, 2.05) is 54.6 Å². The van der Waals surface area contributed by atoms with Gasteiger partial charge < -0.3 is 35.4 Å². The molecule has 2 heterocycles. The zero-order chi connectivity index (χ0) is 35.4. The Labute approximate surface area is 311 Å². The first-order valence-corrected chi connectivity index (χ1v) is 15.6. The number of nitrogens with one attached hydrogen (secondary N) is 3. The Morgan fingerprint density at radius 2 is 1.54 bits per heavy atom. The van der Waals surface area contributed by atoms with Gasteiger partial charge in [0.05, 0.1) is 36.9 Å². The molecule has 6 aromatic rings. The summed E-state index contributed by atoms with van der Waals surface area (Å²) in [6.07, 6.45) is 1.52. The van der Waals surface area contributed by atoms with Crippen molar-refractivity contribution in [2.75, 3.05) is 30.2 Å². The molecule has 0 fully saturated rings. The van der Waals surface area contributed by atoms with Crippen LogP contribution >= 0.6 is 0 Å². The van der Waals surface area contributed by atoms with Crippen molar-refractivity contribution in [1.29, 1.82) is 0 Å². The summed E-state index contributed by atoms with van der Waals surface area (Å²) in [6, 6.07) is 25.9. The number of ether oxygens (including phenoxy) is 3. The van der Waals surface area contributed by atoms with Gasteiger partial charge in [0.2, 0.25) is 11.8 Å². The number of fused-ring (bicyclic) bond motifs is 1. The third-order valence-electron chi connectivity index (χ3n) is 7.66. The van der Waals surface area contributed by atoms with E-state index >= 15 is 0 Å². The number of carboxylic acid groups (broad SMARTS) is 1. The van der Waals surface area contributed by atoms with E-state index in [4.69, 9.17) is 19.3 Å². The molecule has 2 amide bonds.